The first-order chi connectivity index (χ1) is 16.8. The van der Waals surface area contributed by atoms with E-state index in [1.807, 2.05) is 11.6 Å². The van der Waals surface area contributed by atoms with Crippen LogP contribution < -0.4 is 10.0 Å². The van der Waals surface area contributed by atoms with Gasteiger partial charge in [-0.1, -0.05) is 19.9 Å². The fourth-order valence-corrected chi connectivity index (χ4v) is 3.87. The number of aromatic nitrogens is 1. The van der Waals surface area contributed by atoms with Gasteiger partial charge < -0.3 is 10.4 Å². The number of hydrogen-bond acceptors (Lipinski definition) is 7. The summed E-state index contributed by atoms with van der Waals surface area (Å²) in [5.74, 6) is -0.796. The van der Waals surface area contributed by atoms with Crippen LogP contribution in [-0.4, -0.2) is 30.6 Å². The maximum absolute atomic E-state index is 13.2. The molecular formula is C23H23F3N6O3S. The molecule has 13 heteroatoms. The minimum Gasteiger partial charge on any atom is -0.507 e. The number of nitriles is 1. The van der Waals surface area contributed by atoms with E-state index in [1.54, 1.807) is 19.2 Å². The highest BCUT2D eigenvalue weighted by molar-refractivity contribution is 7.92. The number of nitrogens with zero attached hydrogens (tertiary/aromatic N) is 3. The second kappa shape index (κ2) is 11.5. The number of unbranched alkanes of at least 4 members (excludes halogenated alkanes) is 1. The molecule has 2 aromatic rings. The fraction of sp³-hybridized carbons (Fsp3) is 0.217. The topological polar surface area (TPSA) is 151 Å². The second-order valence-corrected chi connectivity index (χ2v) is 9.11. The Hall–Kier alpha value is -4.18. The third kappa shape index (κ3) is 7.41. The average Bonchev–Trinajstić information content (AvgIpc) is 2.78. The van der Waals surface area contributed by atoms with Gasteiger partial charge in [0.25, 0.3) is 10.0 Å². The van der Waals surface area contributed by atoms with Crippen LogP contribution in [0.25, 0.3) is 0 Å². The molecule has 1 aromatic carbocycles. The molecule has 0 saturated heterocycles. The summed E-state index contributed by atoms with van der Waals surface area (Å²) in [4.78, 5) is 7.12. The number of aromatic hydroxyl groups is 1. The van der Waals surface area contributed by atoms with Crippen molar-refractivity contribution >= 4 is 27.8 Å². The number of phenols is 1. The molecule has 1 aromatic heterocycles. The molecule has 0 atom stereocenters. The Labute approximate surface area is 206 Å². The summed E-state index contributed by atoms with van der Waals surface area (Å²) in [6.45, 7) is 7.48. The smallest absolute Gasteiger partial charge is 0.419 e. The molecule has 0 aliphatic heterocycles. The van der Waals surface area contributed by atoms with Crippen LogP contribution in [-0.2, 0) is 16.2 Å². The second-order valence-electron chi connectivity index (χ2n) is 7.43. The predicted molar refractivity (Wildman–Crippen MR) is 129 cm³/mol. The first-order valence-electron chi connectivity index (χ1n) is 10.4. The summed E-state index contributed by atoms with van der Waals surface area (Å²) < 4.78 is 67.1. The molecule has 0 spiro atoms. The minimum absolute atomic E-state index is 0.200. The third-order valence-electron chi connectivity index (χ3n) is 4.48. The summed E-state index contributed by atoms with van der Waals surface area (Å²) in [5.41, 5.74) is -2.18. The molecular weight excluding hydrogens is 497 g/mol. The number of halogens is 3. The van der Waals surface area contributed by atoms with Crippen LogP contribution in [0.2, 0.25) is 0 Å². The Morgan fingerprint density at radius 3 is 2.67 bits per heavy atom. The van der Waals surface area contributed by atoms with Gasteiger partial charge in [-0.05, 0) is 43.7 Å². The molecule has 0 aliphatic rings. The van der Waals surface area contributed by atoms with Gasteiger partial charge in [0.15, 0.2) is 5.69 Å². The van der Waals surface area contributed by atoms with E-state index in [0.717, 1.165) is 37.2 Å². The molecule has 0 fully saturated rings. The van der Waals surface area contributed by atoms with Crippen LogP contribution in [0.1, 0.15) is 43.5 Å². The normalized spacial score (nSPS) is 12.3. The molecule has 0 saturated carbocycles. The summed E-state index contributed by atoms with van der Waals surface area (Å²) >= 11 is 0. The molecule has 9 nitrogen and oxygen atoms in total. The maximum atomic E-state index is 13.2. The molecule has 1 heterocycles. The zero-order valence-electron chi connectivity index (χ0n) is 19.3. The lowest BCUT2D eigenvalue weighted by Gasteiger charge is -2.14. The molecule has 0 unspecified atom stereocenters. The van der Waals surface area contributed by atoms with E-state index in [-0.39, 0.29) is 17.1 Å². The van der Waals surface area contributed by atoms with Crippen LogP contribution in [0.5, 0.6) is 5.75 Å². The number of nitrogens with one attached hydrogen (secondary N) is 3. The van der Waals surface area contributed by atoms with Crippen molar-refractivity contribution in [1.29, 1.82) is 10.7 Å². The molecule has 0 amide bonds. The monoisotopic (exact) mass is 520 g/mol. The van der Waals surface area contributed by atoms with E-state index < -0.39 is 43.8 Å². The lowest BCUT2D eigenvalue weighted by atomic mass is 10.1. The van der Waals surface area contributed by atoms with E-state index >= 15 is 0 Å². The van der Waals surface area contributed by atoms with E-state index in [1.165, 1.54) is 6.07 Å². The number of pyridine rings is 1. The number of amidine groups is 1. The summed E-state index contributed by atoms with van der Waals surface area (Å²) in [6.07, 6.45) is 0.856. The lowest BCUT2D eigenvalue weighted by Crippen LogP contribution is -2.22. The number of sulfonamides is 1. The van der Waals surface area contributed by atoms with Crippen molar-refractivity contribution < 1.29 is 26.7 Å². The largest absolute Gasteiger partial charge is 0.507 e. The van der Waals surface area contributed by atoms with Crippen molar-refractivity contribution in [2.45, 2.75) is 37.8 Å². The Bertz CT molecular complexity index is 1380. The van der Waals surface area contributed by atoms with Crippen LogP contribution in [0.15, 0.2) is 64.4 Å². The van der Waals surface area contributed by atoms with Gasteiger partial charge in [-0.2, -0.15) is 18.4 Å². The number of hydrogen-bond donors (Lipinski definition) is 4. The fourth-order valence-electron chi connectivity index (χ4n) is 2.81. The van der Waals surface area contributed by atoms with Crippen LogP contribution in [0, 0.1) is 16.7 Å². The average molecular weight is 521 g/mol. The Morgan fingerprint density at radius 2 is 2.06 bits per heavy atom. The molecule has 0 radical (unpaired) electrons. The molecule has 0 bridgehead atoms. The van der Waals surface area contributed by atoms with Gasteiger partial charge in [0.1, 0.15) is 17.7 Å². The molecule has 0 aliphatic carbocycles. The maximum Gasteiger partial charge on any atom is 0.419 e. The molecule has 36 heavy (non-hydrogen) atoms. The van der Waals surface area contributed by atoms with Gasteiger partial charge in [0, 0.05) is 17.6 Å². The van der Waals surface area contributed by atoms with Gasteiger partial charge in [0.2, 0.25) is 0 Å². The van der Waals surface area contributed by atoms with E-state index in [4.69, 9.17) is 10.7 Å². The highest BCUT2D eigenvalue weighted by Crippen LogP contribution is 2.33. The Morgan fingerprint density at radius 1 is 1.36 bits per heavy atom. The van der Waals surface area contributed by atoms with Gasteiger partial charge in [-0.3, -0.25) is 15.1 Å². The van der Waals surface area contributed by atoms with Gasteiger partial charge >= 0.3 is 6.18 Å². The van der Waals surface area contributed by atoms with Crippen molar-refractivity contribution in [3.63, 3.8) is 0 Å². The minimum atomic E-state index is -4.93. The Kier molecular flexibility index (Phi) is 8.96. The summed E-state index contributed by atoms with van der Waals surface area (Å²) in [6, 6.07) is 4.76. The number of phenolic OH excluding ortho intramolecular Hbond substituents is 1. The standard InChI is InChI=1S/C23H23F3N6O3S/c1-4-5-8-29-14(2)9-15(3)31-22(28)18-11-17(6-7-21(18)33)36(34,35)32-16-10-19(23(24,25)26)20(12-27)30-13-16/h6-11,13,32-33H,3-5H2,1-2H3,(H2,28,31)/b14-9+,29-8+. The van der Waals surface area contributed by atoms with Gasteiger partial charge in [-0.15, -0.1) is 0 Å². The summed E-state index contributed by atoms with van der Waals surface area (Å²) in [5, 5.41) is 29.8. The number of anilines is 1. The van der Waals surface area contributed by atoms with Crippen molar-refractivity contribution in [1.82, 2.24) is 10.3 Å². The van der Waals surface area contributed by atoms with Gasteiger partial charge in [-0.25, -0.2) is 13.4 Å². The number of allylic oxidation sites excluding steroid dienone is 2. The first-order valence-corrected chi connectivity index (χ1v) is 11.9. The van der Waals surface area contributed by atoms with Crippen LogP contribution in [0.3, 0.4) is 0 Å². The zero-order chi connectivity index (χ0) is 27.1. The Balaban J connectivity index is 2.30. The van der Waals surface area contributed by atoms with E-state index in [2.05, 4.69) is 21.9 Å². The molecule has 190 valence electrons. The quantitative estimate of drug-likeness (QED) is 0.214. The summed E-state index contributed by atoms with van der Waals surface area (Å²) in [7, 11) is -4.46. The lowest BCUT2D eigenvalue weighted by molar-refractivity contribution is -0.138. The number of rotatable bonds is 9. The molecule has 4 N–H and O–H groups in total. The molecule has 2 rings (SSSR count). The van der Waals surface area contributed by atoms with Crippen molar-refractivity contribution in [3.8, 4) is 11.8 Å². The highest BCUT2D eigenvalue weighted by Gasteiger charge is 2.35. The van der Waals surface area contributed by atoms with Crippen LogP contribution >= 0.6 is 0 Å². The number of aliphatic imine (C=N–C) groups is 1. The van der Waals surface area contributed by atoms with E-state index in [0.29, 0.717) is 11.8 Å². The van der Waals surface area contributed by atoms with Crippen molar-refractivity contribution in [2.24, 2.45) is 4.99 Å². The van der Waals surface area contributed by atoms with Crippen molar-refractivity contribution in [3.05, 3.63) is 71.3 Å². The first kappa shape index (κ1) is 28.1. The SMILES string of the molecule is C=C(/C=C(C)/N=C/CCC)NC(=N)c1cc(S(=O)(=O)Nc2cnc(C#N)c(C(F)(F)F)c2)ccc1O. The third-order valence-corrected chi connectivity index (χ3v) is 5.86. The number of benzene rings is 1. The zero-order valence-corrected chi connectivity index (χ0v) is 20.1. The predicted octanol–water partition coefficient (Wildman–Crippen LogP) is 4.68. The van der Waals surface area contributed by atoms with Crippen LogP contribution in [0.4, 0.5) is 18.9 Å². The highest BCUT2D eigenvalue weighted by atomic mass is 32.2. The van der Waals surface area contributed by atoms with E-state index in [9.17, 15) is 26.7 Å². The van der Waals surface area contributed by atoms with Crippen molar-refractivity contribution in [2.75, 3.05) is 4.72 Å². The van der Waals surface area contributed by atoms with Gasteiger partial charge in [0.05, 0.1) is 27.9 Å². The number of alkyl halides is 3.